The largest absolute Gasteiger partial charge is 0.318 e. The van der Waals surface area contributed by atoms with Crippen molar-refractivity contribution in [2.45, 2.75) is 6.54 Å². The summed E-state index contributed by atoms with van der Waals surface area (Å²) in [5.41, 5.74) is 1.68. The van der Waals surface area contributed by atoms with Crippen molar-refractivity contribution in [1.29, 1.82) is 0 Å². The van der Waals surface area contributed by atoms with E-state index >= 15 is 0 Å². The number of nitrogens with zero attached hydrogens (tertiary/aromatic N) is 4. The normalized spacial score (nSPS) is 10.7. The van der Waals surface area contributed by atoms with Gasteiger partial charge in [-0.3, -0.25) is 14.2 Å². The predicted octanol–water partition coefficient (Wildman–Crippen LogP) is 3.22. The van der Waals surface area contributed by atoms with Crippen LogP contribution in [-0.4, -0.2) is 25.5 Å². The molecule has 118 valence electrons. The zero-order chi connectivity index (χ0) is 16.4. The van der Waals surface area contributed by atoms with Crippen LogP contribution in [0, 0.1) is 0 Å². The minimum atomic E-state index is -0.382. The van der Waals surface area contributed by atoms with Crippen LogP contribution in [0.15, 0.2) is 42.9 Å². The first-order chi connectivity index (χ1) is 11.0. The highest BCUT2D eigenvalue weighted by Gasteiger charge is 2.15. The summed E-state index contributed by atoms with van der Waals surface area (Å²) in [7, 11) is 1.70. The van der Waals surface area contributed by atoms with Crippen molar-refractivity contribution in [3.63, 3.8) is 0 Å². The van der Waals surface area contributed by atoms with E-state index < -0.39 is 0 Å². The fourth-order valence-electron chi connectivity index (χ4n) is 2.12. The van der Waals surface area contributed by atoms with Crippen molar-refractivity contribution in [1.82, 2.24) is 19.6 Å². The Hall–Kier alpha value is -2.31. The molecule has 1 N–H and O–H groups in total. The fourth-order valence-corrected chi connectivity index (χ4v) is 2.58. The van der Waals surface area contributed by atoms with Gasteiger partial charge in [-0.15, -0.1) is 0 Å². The van der Waals surface area contributed by atoms with Crippen molar-refractivity contribution < 1.29 is 4.79 Å². The summed E-state index contributed by atoms with van der Waals surface area (Å²) >= 11 is 12.1. The number of aromatic nitrogens is 4. The first kappa shape index (κ1) is 15.6. The Kier molecular flexibility index (Phi) is 4.36. The van der Waals surface area contributed by atoms with E-state index in [4.69, 9.17) is 23.2 Å². The van der Waals surface area contributed by atoms with E-state index in [1.165, 1.54) is 4.68 Å². The van der Waals surface area contributed by atoms with E-state index in [0.29, 0.717) is 22.3 Å². The van der Waals surface area contributed by atoms with Crippen molar-refractivity contribution in [2.24, 2.45) is 7.05 Å². The number of carbonyl (C=O) groups is 1. The molecule has 1 amide bonds. The molecule has 0 aliphatic carbocycles. The van der Waals surface area contributed by atoms with Gasteiger partial charge in [-0.05, 0) is 11.6 Å². The van der Waals surface area contributed by atoms with Gasteiger partial charge in [0.05, 0.1) is 23.5 Å². The smallest absolute Gasteiger partial charge is 0.277 e. The highest BCUT2D eigenvalue weighted by Crippen LogP contribution is 2.18. The van der Waals surface area contributed by atoms with Crippen LogP contribution in [0.4, 0.5) is 5.69 Å². The second kappa shape index (κ2) is 6.44. The second-order valence-electron chi connectivity index (χ2n) is 4.97. The topological polar surface area (TPSA) is 64.7 Å². The Labute approximate surface area is 142 Å². The van der Waals surface area contributed by atoms with E-state index in [-0.39, 0.29) is 11.6 Å². The molecule has 23 heavy (non-hydrogen) atoms. The molecule has 0 aliphatic heterocycles. The van der Waals surface area contributed by atoms with Crippen LogP contribution in [0.2, 0.25) is 10.0 Å². The third kappa shape index (κ3) is 3.55. The summed E-state index contributed by atoms with van der Waals surface area (Å²) in [5.74, 6) is -0.382. The Morgan fingerprint density at radius 1 is 1.22 bits per heavy atom. The lowest BCUT2D eigenvalue weighted by Crippen LogP contribution is -2.13. The number of hydrogen-bond acceptors (Lipinski definition) is 3. The summed E-state index contributed by atoms with van der Waals surface area (Å²) in [5, 5.41) is 11.9. The Morgan fingerprint density at radius 3 is 2.70 bits per heavy atom. The maximum atomic E-state index is 12.1. The highest BCUT2D eigenvalue weighted by atomic mass is 35.5. The molecule has 2 heterocycles. The standard InChI is InChI=1S/C15H13Cl2N5O/c1-21-9-13(17)14(20-21)15(23)19-11-6-18-22(8-11)7-10-4-2-3-5-12(10)16/h2-6,8-9H,7H2,1H3,(H,19,23). The number of aryl methyl sites for hydroxylation is 1. The molecule has 8 heteroatoms. The van der Waals surface area contributed by atoms with Crippen LogP contribution < -0.4 is 5.32 Å². The zero-order valence-corrected chi connectivity index (χ0v) is 13.7. The summed E-state index contributed by atoms with van der Waals surface area (Å²) in [6, 6.07) is 7.54. The molecule has 1 aromatic carbocycles. The molecule has 0 saturated heterocycles. The van der Waals surface area contributed by atoms with E-state index in [1.807, 2.05) is 24.3 Å². The molecule has 0 saturated carbocycles. The molecule has 0 aliphatic rings. The molecule has 0 fully saturated rings. The van der Waals surface area contributed by atoms with Gasteiger partial charge < -0.3 is 5.32 Å². The Bertz CT molecular complexity index is 855. The lowest BCUT2D eigenvalue weighted by molar-refractivity contribution is 0.102. The maximum absolute atomic E-state index is 12.1. The Morgan fingerprint density at radius 2 is 2.00 bits per heavy atom. The molecule has 0 bridgehead atoms. The van der Waals surface area contributed by atoms with Gasteiger partial charge in [0, 0.05) is 24.5 Å². The van der Waals surface area contributed by atoms with Crippen LogP contribution in [0.25, 0.3) is 0 Å². The monoisotopic (exact) mass is 349 g/mol. The molecule has 0 radical (unpaired) electrons. The van der Waals surface area contributed by atoms with E-state index in [0.717, 1.165) is 5.56 Å². The van der Waals surface area contributed by atoms with Crippen LogP contribution in [0.1, 0.15) is 16.1 Å². The highest BCUT2D eigenvalue weighted by molar-refractivity contribution is 6.34. The fraction of sp³-hybridized carbons (Fsp3) is 0.133. The maximum Gasteiger partial charge on any atom is 0.277 e. The SMILES string of the molecule is Cn1cc(Cl)c(C(=O)Nc2cnn(Cc3ccccc3Cl)c2)n1. The van der Waals surface area contributed by atoms with Crippen LogP contribution >= 0.6 is 23.2 Å². The lowest BCUT2D eigenvalue weighted by atomic mass is 10.2. The quantitative estimate of drug-likeness (QED) is 0.786. The lowest BCUT2D eigenvalue weighted by Gasteiger charge is -2.04. The summed E-state index contributed by atoms with van der Waals surface area (Å²) in [4.78, 5) is 12.1. The molecule has 2 aromatic heterocycles. The van der Waals surface area contributed by atoms with Gasteiger partial charge in [-0.1, -0.05) is 41.4 Å². The Balaban J connectivity index is 1.71. The molecule has 3 rings (SSSR count). The second-order valence-corrected chi connectivity index (χ2v) is 5.79. The number of rotatable bonds is 4. The minimum absolute atomic E-state index is 0.174. The summed E-state index contributed by atoms with van der Waals surface area (Å²) < 4.78 is 3.18. The third-order valence-electron chi connectivity index (χ3n) is 3.18. The third-order valence-corrected chi connectivity index (χ3v) is 3.83. The van der Waals surface area contributed by atoms with E-state index in [9.17, 15) is 4.79 Å². The van der Waals surface area contributed by atoms with Crippen molar-refractivity contribution >= 4 is 34.8 Å². The molecule has 0 spiro atoms. The van der Waals surface area contributed by atoms with Crippen molar-refractivity contribution in [3.05, 3.63) is 64.2 Å². The number of halogens is 2. The van der Waals surface area contributed by atoms with Gasteiger partial charge in [0.2, 0.25) is 0 Å². The number of benzene rings is 1. The minimum Gasteiger partial charge on any atom is -0.318 e. The number of carbonyl (C=O) groups excluding carboxylic acids is 1. The molecular weight excluding hydrogens is 337 g/mol. The van der Waals surface area contributed by atoms with Gasteiger partial charge in [0.25, 0.3) is 5.91 Å². The van der Waals surface area contributed by atoms with Gasteiger partial charge >= 0.3 is 0 Å². The average Bonchev–Trinajstić information content (AvgIpc) is 3.07. The summed E-state index contributed by atoms with van der Waals surface area (Å²) in [6.45, 7) is 0.514. The van der Waals surface area contributed by atoms with Crippen LogP contribution in [0.3, 0.4) is 0 Å². The van der Waals surface area contributed by atoms with Gasteiger partial charge in [0.1, 0.15) is 0 Å². The van der Waals surface area contributed by atoms with Gasteiger partial charge in [0.15, 0.2) is 5.69 Å². The van der Waals surface area contributed by atoms with Crippen molar-refractivity contribution in [3.8, 4) is 0 Å². The number of hydrogen-bond donors (Lipinski definition) is 1. The van der Waals surface area contributed by atoms with E-state index in [1.54, 1.807) is 30.3 Å². The number of anilines is 1. The molecule has 6 nitrogen and oxygen atoms in total. The molecular formula is C15H13Cl2N5O. The number of amides is 1. The number of nitrogens with one attached hydrogen (secondary N) is 1. The zero-order valence-electron chi connectivity index (χ0n) is 12.2. The average molecular weight is 350 g/mol. The summed E-state index contributed by atoms with van der Waals surface area (Å²) in [6.07, 6.45) is 4.85. The predicted molar refractivity (Wildman–Crippen MR) is 89.0 cm³/mol. The van der Waals surface area contributed by atoms with E-state index in [2.05, 4.69) is 15.5 Å². The van der Waals surface area contributed by atoms with Gasteiger partial charge in [-0.25, -0.2) is 0 Å². The van der Waals surface area contributed by atoms with Gasteiger partial charge in [-0.2, -0.15) is 10.2 Å². The molecule has 3 aromatic rings. The van der Waals surface area contributed by atoms with Crippen molar-refractivity contribution in [2.75, 3.05) is 5.32 Å². The first-order valence-electron chi connectivity index (χ1n) is 6.79. The van der Waals surface area contributed by atoms with Crippen LogP contribution in [-0.2, 0) is 13.6 Å². The first-order valence-corrected chi connectivity index (χ1v) is 7.55. The molecule has 0 unspecified atom stereocenters. The van der Waals surface area contributed by atoms with Crippen LogP contribution in [0.5, 0.6) is 0 Å². The molecule has 0 atom stereocenters.